The molecule has 0 aliphatic carbocycles. The van der Waals surface area contributed by atoms with E-state index >= 15 is 0 Å². The minimum absolute atomic E-state index is 0.0235. The molecule has 0 bridgehead atoms. The minimum atomic E-state index is -0.0235. The SMILES string of the molecule is CC1(C)CCN(C2(CN)CCOC(C)(C)C2)C1. The molecule has 100 valence electrons. The number of nitrogens with two attached hydrogens (primary N) is 1. The van der Waals surface area contributed by atoms with E-state index in [0.717, 1.165) is 26.0 Å². The van der Waals surface area contributed by atoms with Gasteiger partial charge in [0.05, 0.1) is 5.60 Å². The molecule has 3 heteroatoms. The van der Waals surface area contributed by atoms with Crippen molar-refractivity contribution in [1.29, 1.82) is 0 Å². The van der Waals surface area contributed by atoms with E-state index in [2.05, 4.69) is 32.6 Å². The molecule has 2 fully saturated rings. The Labute approximate surface area is 106 Å². The molecule has 2 aliphatic heterocycles. The zero-order valence-electron chi connectivity index (χ0n) is 11.9. The number of ether oxygens (including phenoxy) is 1. The number of likely N-dealkylation sites (tertiary alicyclic amines) is 1. The van der Waals surface area contributed by atoms with Gasteiger partial charge in [-0.05, 0) is 45.1 Å². The third kappa shape index (κ3) is 2.67. The third-order valence-electron chi connectivity index (χ3n) is 4.54. The van der Waals surface area contributed by atoms with Gasteiger partial charge < -0.3 is 10.5 Å². The quantitative estimate of drug-likeness (QED) is 0.802. The maximum atomic E-state index is 6.13. The summed E-state index contributed by atoms with van der Waals surface area (Å²) in [7, 11) is 0. The molecule has 0 aromatic carbocycles. The van der Waals surface area contributed by atoms with Crippen LogP contribution in [0.1, 0.15) is 47.0 Å². The Morgan fingerprint density at radius 2 is 1.88 bits per heavy atom. The van der Waals surface area contributed by atoms with Crippen LogP contribution in [0.3, 0.4) is 0 Å². The molecule has 2 N–H and O–H groups in total. The Morgan fingerprint density at radius 1 is 1.18 bits per heavy atom. The molecule has 1 atom stereocenters. The van der Waals surface area contributed by atoms with E-state index in [1.54, 1.807) is 0 Å². The molecule has 0 spiro atoms. The summed E-state index contributed by atoms with van der Waals surface area (Å²) in [5, 5.41) is 0. The molecule has 2 saturated heterocycles. The van der Waals surface area contributed by atoms with Crippen molar-refractivity contribution in [1.82, 2.24) is 4.90 Å². The Kier molecular flexibility index (Phi) is 3.30. The second-order valence-corrected chi connectivity index (χ2v) is 7.30. The van der Waals surface area contributed by atoms with E-state index in [9.17, 15) is 0 Å². The number of rotatable bonds is 2. The van der Waals surface area contributed by atoms with Crippen LogP contribution in [0.4, 0.5) is 0 Å². The van der Waals surface area contributed by atoms with Gasteiger partial charge >= 0.3 is 0 Å². The molecular weight excluding hydrogens is 212 g/mol. The Morgan fingerprint density at radius 3 is 2.35 bits per heavy atom. The fourth-order valence-corrected chi connectivity index (χ4v) is 3.54. The lowest BCUT2D eigenvalue weighted by Gasteiger charge is -2.49. The van der Waals surface area contributed by atoms with Gasteiger partial charge in [-0.25, -0.2) is 0 Å². The van der Waals surface area contributed by atoms with Crippen molar-refractivity contribution in [2.45, 2.75) is 58.1 Å². The van der Waals surface area contributed by atoms with Crippen LogP contribution in [-0.4, -0.2) is 42.3 Å². The predicted octanol–water partition coefficient (Wildman–Crippen LogP) is 2.00. The second kappa shape index (κ2) is 4.22. The predicted molar refractivity (Wildman–Crippen MR) is 71.0 cm³/mol. The van der Waals surface area contributed by atoms with Gasteiger partial charge in [-0.2, -0.15) is 0 Å². The van der Waals surface area contributed by atoms with E-state index in [1.165, 1.54) is 19.5 Å². The number of nitrogens with zero attached hydrogens (tertiary/aromatic N) is 1. The summed E-state index contributed by atoms with van der Waals surface area (Å²) in [6.07, 6.45) is 3.44. The molecule has 0 saturated carbocycles. The minimum Gasteiger partial charge on any atom is -0.375 e. The maximum Gasteiger partial charge on any atom is 0.0644 e. The van der Waals surface area contributed by atoms with Gasteiger partial charge in [0.2, 0.25) is 0 Å². The number of hydrogen-bond acceptors (Lipinski definition) is 3. The van der Waals surface area contributed by atoms with Gasteiger partial charge in [0, 0.05) is 25.2 Å². The van der Waals surface area contributed by atoms with Crippen molar-refractivity contribution in [2.24, 2.45) is 11.1 Å². The van der Waals surface area contributed by atoms with Crippen molar-refractivity contribution in [3.05, 3.63) is 0 Å². The van der Waals surface area contributed by atoms with Crippen LogP contribution in [0.5, 0.6) is 0 Å². The highest BCUT2D eigenvalue weighted by Crippen LogP contribution is 2.41. The van der Waals surface area contributed by atoms with Gasteiger partial charge in [0.25, 0.3) is 0 Å². The average Bonchev–Trinajstić information content (AvgIpc) is 2.57. The summed E-state index contributed by atoms with van der Waals surface area (Å²) in [6, 6.07) is 0. The lowest BCUT2D eigenvalue weighted by atomic mass is 9.79. The summed E-state index contributed by atoms with van der Waals surface area (Å²) in [4.78, 5) is 2.64. The van der Waals surface area contributed by atoms with E-state index in [4.69, 9.17) is 10.5 Å². The first-order chi connectivity index (χ1) is 7.79. The van der Waals surface area contributed by atoms with Crippen molar-refractivity contribution in [3.63, 3.8) is 0 Å². The molecule has 0 amide bonds. The Bertz CT molecular complexity index is 288. The first-order valence-corrected chi connectivity index (χ1v) is 6.88. The first-order valence-electron chi connectivity index (χ1n) is 6.88. The molecule has 1 unspecified atom stereocenters. The van der Waals surface area contributed by atoms with Gasteiger partial charge in [-0.15, -0.1) is 0 Å². The van der Waals surface area contributed by atoms with Crippen LogP contribution < -0.4 is 5.73 Å². The molecule has 2 rings (SSSR count). The average molecular weight is 240 g/mol. The smallest absolute Gasteiger partial charge is 0.0644 e. The van der Waals surface area contributed by atoms with Gasteiger partial charge in [-0.1, -0.05) is 13.8 Å². The molecule has 2 heterocycles. The molecule has 17 heavy (non-hydrogen) atoms. The normalized spacial score (nSPS) is 37.2. The summed E-state index contributed by atoms with van der Waals surface area (Å²) in [5.41, 5.74) is 6.73. The standard InChI is InChI=1S/C14H28N2O/c1-12(2)5-7-16(11-12)14(10-15)6-8-17-13(3,4)9-14/h5-11,15H2,1-4H3. The Balaban J connectivity index is 2.15. The van der Waals surface area contributed by atoms with E-state index < -0.39 is 0 Å². The van der Waals surface area contributed by atoms with Crippen LogP contribution in [0.15, 0.2) is 0 Å². The van der Waals surface area contributed by atoms with E-state index in [0.29, 0.717) is 5.41 Å². The fourth-order valence-electron chi connectivity index (χ4n) is 3.54. The maximum absolute atomic E-state index is 6.13. The summed E-state index contributed by atoms with van der Waals surface area (Å²) in [6.45, 7) is 13.1. The second-order valence-electron chi connectivity index (χ2n) is 7.30. The topological polar surface area (TPSA) is 38.5 Å². The summed E-state index contributed by atoms with van der Waals surface area (Å²) in [5.74, 6) is 0. The summed E-state index contributed by atoms with van der Waals surface area (Å²) >= 11 is 0. The fraction of sp³-hybridized carbons (Fsp3) is 1.00. The zero-order chi connectivity index (χ0) is 12.7. The van der Waals surface area contributed by atoms with Gasteiger partial charge in [0.1, 0.15) is 0 Å². The molecular formula is C14H28N2O. The summed E-state index contributed by atoms with van der Waals surface area (Å²) < 4.78 is 5.85. The molecule has 2 aliphatic rings. The first kappa shape index (κ1) is 13.3. The van der Waals surface area contributed by atoms with Crippen LogP contribution in [0, 0.1) is 5.41 Å². The monoisotopic (exact) mass is 240 g/mol. The zero-order valence-corrected chi connectivity index (χ0v) is 11.9. The van der Waals surface area contributed by atoms with Crippen molar-refractivity contribution < 1.29 is 4.74 Å². The van der Waals surface area contributed by atoms with Crippen molar-refractivity contribution in [2.75, 3.05) is 26.2 Å². The van der Waals surface area contributed by atoms with Crippen molar-refractivity contribution in [3.8, 4) is 0 Å². The highest BCUT2D eigenvalue weighted by molar-refractivity contribution is 5.02. The lowest BCUT2D eigenvalue weighted by Crippen LogP contribution is -2.60. The van der Waals surface area contributed by atoms with Gasteiger partial charge in [0.15, 0.2) is 0 Å². The van der Waals surface area contributed by atoms with Crippen LogP contribution in [0.2, 0.25) is 0 Å². The van der Waals surface area contributed by atoms with Crippen LogP contribution >= 0.6 is 0 Å². The molecule has 0 radical (unpaired) electrons. The molecule has 0 aromatic rings. The van der Waals surface area contributed by atoms with Gasteiger partial charge in [-0.3, -0.25) is 4.90 Å². The highest BCUT2D eigenvalue weighted by atomic mass is 16.5. The van der Waals surface area contributed by atoms with E-state index in [1.807, 2.05) is 0 Å². The van der Waals surface area contributed by atoms with E-state index in [-0.39, 0.29) is 11.1 Å². The van der Waals surface area contributed by atoms with Crippen LogP contribution in [-0.2, 0) is 4.74 Å². The molecule has 3 nitrogen and oxygen atoms in total. The molecule has 0 aromatic heterocycles. The third-order valence-corrected chi connectivity index (χ3v) is 4.54. The lowest BCUT2D eigenvalue weighted by molar-refractivity contribution is -0.115. The van der Waals surface area contributed by atoms with Crippen molar-refractivity contribution >= 4 is 0 Å². The largest absolute Gasteiger partial charge is 0.375 e. The number of hydrogen-bond donors (Lipinski definition) is 1. The Hall–Kier alpha value is -0.120. The van der Waals surface area contributed by atoms with Crippen LogP contribution in [0.25, 0.3) is 0 Å². The highest BCUT2D eigenvalue weighted by Gasteiger charge is 2.47.